The molecule has 0 radical (unpaired) electrons. The van der Waals surface area contributed by atoms with E-state index >= 15 is 0 Å². The van der Waals surface area contributed by atoms with Crippen LogP contribution in [0.15, 0.2) is 175 Å². The molecule has 5 heterocycles. The molecule has 0 amide bonds. The second kappa shape index (κ2) is 10.5. The lowest BCUT2D eigenvalue weighted by molar-refractivity contribution is 0.551. The van der Waals surface area contributed by atoms with Crippen molar-refractivity contribution in [2.24, 2.45) is 0 Å². The van der Waals surface area contributed by atoms with Gasteiger partial charge in [-0.1, -0.05) is 97.1 Å². The molecule has 2 unspecified atom stereocenters. The molecule has 5 aromatic carbocycles. The Hall–Kier alpha value is -6.59. The molecule has 0 fully saturated rings. The molecular formula is C46H32N4O. The molecule has 4 aromatic heterocycles. The summed E-state index contributed by atoms with van der Waals surface area (Å²) in [5, 5.41) is 4.71. The van der Waals surface area contributed by atoms with E-state index in [-0.39, 0.29) is 11.5 Å². The zero-order chi connectivity index (χ0) is 33.7. The Morgan fingerprint density at radius 2 is 1.37 bits per heavy atom. The molecule has 1 aliphatic heterocycles. The summed E-state index contributed by atoms with van der Waals surface area (Å²) >= 11 is 0. The third kappa shape index (κ3) is 3.94. The first-order valence-corrected chi connectivity index (χ1v) is 17.5. The van der Waals surface area contributed by atoms with Crippen LogP contribution in [0.5, 0.6) is 0 Å². The summed E-state index contributed by atoms with van der Waals surface area (Å²) < 4.78 is 10.5. The predicted molar refractivity (Wildman–Crippen MR) is 209 cm³/mol. The van der Waals surface area contributed by atoms with E-state index in [1.165, 1.54) is 33.1 Å². The molecule has 2 atom stereocenters. The van der Waals surface area contributed by atoms with Gasteiger partial charge in [0.1, 0.15) is 5.82 Å². The van der Waals surface area contributed by atoms with Crippen molar-refractivity contribution in [2.75, 3.05) is 4.90 Å². The minimum atomic E-state index is -0.0889. The first-order valence-electron chi connectivity index (χ1n) is 17.5. The van der Waals surface area contributed by atoms with Gasteiger partial charge >= 0.3 is 0 Å². The number of benzene rings is 5. The van der Waals surface area contributed by atoms with Gasteiger partial charge in [0.25, 0.3) is 0 Å². The van der Waals surface area contributed by atoms with Crippen LogP contribution in [0.2, 0.25) is 0 Å². The minimum absolute atomic E-state index is 0.0889. The van der Waals surface area contributed by atoms with Crippen molar-refractivity contribution < 1.29 is 4.42 Å². The molecule has 11 rings (SSSR count). The van der Waals surface area contributed by atoms with Gasteiger partial charge in [0.05, 0.1) is 34.5 Å². The van der Waals surface area contributed by atoms with E-state index in [2.05, 4.69) is 179 Å². The molecule has 9 aromatic rings. The van der Waals surface area contributed by atoms with Crippen LogP contribution in [0.4, 0.5) is 11.4 Å². The van der Waals surface area contributed by atoms with Crippen LogP contribution < -0.4 is 4.90 Å². The van der Waals surface area contributed by atoms with Crippen molar-refractivity contribution >= 4 is 55.2 Å². The molecule has 0 spiro atoms. The molecule has 0 bridgehead atoms. The highest BCUT2D eigenvalue weighted by molar-refractivity contribution is 6.10. The fourth-order valence-electron chi connectivity index (χ4n) is 8.73. The first kappa shape index (κ1) is 28.3. The molecule has 5 nitrogen and oxygen atoms in total. The number of anilines is 2. The lowest BCUT2D eigenvalue weighted by Gasteiger charge is -2.34. The Morgan fingerprint density at radius 3 is 2.27 bits per heavy atom. The third-order valence-electron chi connectivity index (χ3n) is 11.1. The van der Waals surface area contributed by atoms with Crippen LogP contribution in [0.25, 0.3) is 66.6 Å². The average Bonchev–Trinajstić information content (AvgIpc) is 3.93. The molecule has 0 saturated carbocycles. The van der Waals surface area contributed by atoms with Crippen LogP contribution in [0.3, 0.4) is 0 Å². The van der Waals surface area contributed by atoms with E-state index in [0.29, 0.717) is 0 Å². The minimum Gasteiger partial charge on any atom is -0.447 e. The average molecular weight is 657 g/mol. The van der Waals surface area contributed by atoms with Gasteiger partial charge in [-0.2, -0.15) is 0 Å². The van der Waals surface area contributed by atoms with Crippen molar-refractivity contribution in [1.82, 2.24) is 14.1 Å². The molecular weight excluding hydrogens is 625 g/mol. The molecule has 2 aliphatic rings. The lowest BCUT2D eigenvalue weighted by Crippen LogP contribution is -2.39. The SMILES string of the molecule is CC12C=CC=CC1N(c1ccc3c(c1)c1ccccc1n3-c1cccc(-c3cccc(-n4c5ccccc5c5ccoc54)c3)n1)c1ccccc12. The fourth-order valence-corrected chi connectivity index (χ4v) is 8.73. The van der Waals surface area contributed by atoms with E-state index in [4.69, 9.17) is 9.40 Å². The van der Waals surface area contributed by atoms with Crippen molar-refractivity contribution in [3.63, 3.8) is 0 Å². The van der Waals surface area contributed by atoms with Crippen LogP contribution in [0, 0.1) is 0 Å². The maximum atomic E-state index is 6.01. The Bertz CT molecular complexity index is 2920. The highest BCUT2D eigenvalue weighted by Crippen LogP contribution is 2.51. The number of para-hydroxylation sites is 3. The zero-order valence-electron chi connectivity index (χ0n) is 27.9. The van der Waals surface area contributed by atoms with Gasteiger partial charge in [-0.25, -0.2) is 4.98 Å². The highest BCUT2D eigenvalue weighted by atomic mass is 16.3. The number of rotatable bonds is 4. The molecule has 0 N–H and O–H groups in total. The van der Waals surface area contributed by atoms with Crippen molar-refractivity contribution in [1.29, 1.82) is 0 Å². The van der Waals surface area contributed by atoms with Gasteiger partial charge < -0.3 is 9.32 Å². The summed E-state index contributed by atoms with van der Waals surface area (Å²) in [6, 6.07) is 50.0. The monoisotopic (exact) mass is 656 g/mol. The molecule has 5 heteroatoms. The number of nitrogens with zero attached hydrogens (tertiary/aromatic N) is 4. The number of hydrogen-bond acceptors (Lipinski definition) is 3. The Kier molecular flexibility index (Phi) is 5.80. The summed E-state index contributed by atoms with van der Waals surface area (Å²) in [6.07, 6.45) is 10.8. The maximum Gasteiger partial charge on any atom is 0.212 e. The molecule has 1 aliphatic carbocycles. The second-order valence-corrected chi connectivity index (χ2v) is 13.8. The fraction of sp³-hybridized carbons (Fsp3) is 0.0652. The molecule has 242 valence electrons. The van der Waals surface area contributed by atoms with Gasteiger partial charge in [-0.15, -0.1) is 0 Å². The molecule has 51 heavy (non-hydrogen) atoms. The van der Waals surface area contributed by atoms with Gasteiger partial charge in [-0.3, -0.25) is 9.13 Å². The third-order valence-corrected chi connectivity index (χ3v) is 11.1. The number of furan rings is 1. The van der Waals surface area contributed by atoms with Crippen LogP contribution in [-0.4, -0.2) is 20.2 Å². The summed E-state index contributed by atoms with van der Waals surface area (Å²) in [5.74, 6) is 0.885. The highest BCUT2D eigenvalue weighted by Gasteiger charge is 2.46. The van der Waals surface area contributed by atoms with E-state index in [1.807, 2.05) is 6.07 Å². The topological polar surface area (TPSA) is 39.1 Å². The second-order valence-electron chi connectivity index (χ2n) is 13.8. The maximum absolute atomic E-state index is 6.01. The summed E-state index contributed by atoms with van der Waals surface area (Å²) in [6.45, 7) is 2.35. The number of fused-ring (bicyclic) bond motifs is 9. The number of hydrogen-bond donors (Lipinski definition) is 0. The predicted octanol–water partition coefficient (Wildman–Crippen LogP) is 11.4. The van der Waals surface area contributed by atoms with E-state index < -0.39 is 0 Å². The summed E-state index contributed by atoms with van der Waals surface area (Å²) in [5.41, 5.74) is 10.9. The van der Waals surface area contributed by atoms with Crippen LogP contribution >= 0.6 is 0 Å². The quantitative estimate of drug-likeness (QED) is 0.189. The van der Waals surface area contributed by atoms with Crippen molar-refractivity contribution in [3.05, 3.63) is 176 Å². The largest absolute Gasteiger partial charge is 0.447 e. The van der Waals surface area contributed by atoms with Crippen LogP contribution in [0.1, 0.15) is 12.5 Å². The zero-order valence-corrected chi connectivity index (χ0v) is 27.9. The lowest BCUT2D eigenvalue weighted by atomic mass is 9.76. The van der Waals surface area contributed by atoms with Crippen LogP contribution in [-0.2, 0) is 5.41 Å². The van der Waals surface area contributed by atoms with E-state index in [9.17, 15) is 0 Å². The number of pyridine rings is 1. The summed E-state index contributed by atoms with van der Waals surface area (Å²) in [7, 11) is 0. The molecule has 0 saturated heterocycles. The van der Waals surface area contributed by atoms with E-state index in [0.717, 1.165) is 50.4 Å². The normalized spacial score (nSPS) is 18.0. The standard InChI is InChI=1S/C46H32N4O/c1-46-26-9-8-21-43(46)48(42-20-7-4-16-37(42)46)32-23-24-41-36(29-32)34-15-3-6-19-40(34)50(41)44-22-11-17-38(47-44)30-12-10-13-31(28-30)49-39-18-5-2-14-33(39)35-25-27-51-45(35)49/h2-29,43H,1H3. The van der Waals surface area contributed by atoms with Crippen molar-refractivity contribution in [3.8, 4) is 22.8 Å². The summed E-state index contributed by atoms with van der Waals surface area (Å²) in [4.78, 5) is 7.83. The number of allylic oxidation sites excluding steroid dienone is 2. The smallest absolute Gasteiger partial charge is 0.212 e. The Morgan fingerprint density at radius 1 is 0.608 bits per heavy atom. The van der Waals surface area contributed by atoms with Gasteiger partial charge in [-0.05, 0) is 79.2 Å². The Balaban J connectivity index is 1.05. The first-order chi connectivity index (χ1) is 25.2. The number of aromatic nitrogens is 3. The Labute approximate surface area is 294 Å². The van der Waals surface area contributed by atoms with Gasteiger partial charge in [0.2, 0.25) is 5.71 Å². The van der Waals surface area contributed by atoms with Gasteiger partial charge in [0.15, 0.2) is 0 Å². The van der Waals surface area contributed by atoms with E-state index in [1.54, 1.807) is 6.26 Å². The van der Waals surface area contributed by atoms with Crippen molar-refractivity contribution in [2.45, 2.75) is 18.4 Å². The van der Waals surface area contributed by atoms with Gasteiger partial charge in [0, 0.05) is 49.6 Å².